The van der Waals surface area contributed by atoms with Crippen LogP contribution in [-0.4, -0.2) is 67.8 Å². The van der Waals surface area contributed by atoms with Gasteiger partial charge >= 0.3 is 0 Å². The summed E-state index contributed by atoms with van der Waals surface area (Å²) in [5, 5.41) is 5.58. The van der Waals surface area contributed by atoms with Crippen LogP contribution in [0.25, 0.3) is 10.1 Å². The van der Waals surface area contributed by atoms with Crippen LogP contribution in [0.1, 0.15) is 11.1 Å². The van der Waals surface area contributed by atoms with E-state index in [1.54, 1.807) is 11.5 Å². The van der Waals surface area contributed by atoms with Crippen LogP contribution in [0.15, 0.2) is 36.4 Å². The maximum atomic E-state index is 9.19. The van der Waals surface area contributed by atoms with Gasteiger partial charge in [0.2, 0.25) is 0 Å². The Kier molecular flexibility index (Phi) is 7.21. The minimum Gasteiger partial charge on any atom is -0.384 e. The minimum absolute atomic E-state index is 0.715. The maximum Gasteiger partial charge on any atom is 0.261 e. The van der Waals surface area contributed by atoms with Gasteiger partial charge in [0.25, 0.3) is 10.1 Å². The van der Waals surface area contributed by atoms with E-state index in [1.807, 2.05) is 0 Å². The largest absolute Gasteiger partial charge is 0.384 e. The van der Waals surface area contributed by atoms with Crippen LogP contribution in [0.5, 0.6) is 0 Å². The molecule has 7 nitrogen and oxygen atoms in total. The summed E-state index contributed by atoms with van der Waals surface area (Å²) in [6.07, 6.45) is 2.85. The van der Waals surface area contributed by atoms with Crippen molar-refractivity contribution in [3.63, 3.8) is 0 Å². The Bertz CT molecular complexity index is 1180. The van der Waals surface area contributed by atoms with Crippen molar-refractivity contribution in [2.75, 3.05) is 55.7 Å². The van der Waals surface area contributed by atoms with Gasteiger partial charge in [-0.3, -0.25) is 9.45 Å². The smallest absolute Gasteiger partial charge is 0.261 e. The summed E-state index contributed by atoms with van der Waals surface area (Å²) in [6.45, 7) is 6.33. The second-order valence-corrected chi connectivity index (χ2v) is 10.8. The van der Waals surface area contributed by atoms with Gasteiger partial charge in [-0.2, -0.15) is 12.8 Å². The third-order valence-electron chi connectivity index (χ3n) is 5.71. The molecule has 0 radical (unpaired) electrons. The highest BCUT2D eigenvalue weighted by molar-refractivity contribution is 7.85. The average molecular weight is 495 g/mol. The molecule has 2 aromatic carbocycles. The summed E-state index contributed by atoms with van der Waals surface area (Å²) in [5.74, 6) is 1.16. The normalized spacial score (nSPS) is 16.4. The zero-order chi connectivity index (χ0) is 22.7. The summed E-state index contributed by atoms with van der Waals surface area (Å²) < 4.78 is 31.8. The molecule has 3 heterocycles. The van der Waals surface area contributed by atoms with Crippen molar-refractivity contribution < 1.29 is 13.0 Å². The molecule has 0 spiro atoms. The average Bonchev–Trinajstić information content (AvgIpc) is 3.38. The molecule has 2 aliphatic rings. The lowest BCUT2D eigenvalue weighted by Crippen LogP contribution is -2.47. The van der Waals surface area contributed by atoms with E-state index >= 15 is 0 Å². The number of fused-ring (bicyclic) bond motifs is 2. The van der Waals surface area contributed by atoms with E-state index in [0.29, 0.717) is 6.26 Å². The van der Waals surface area contributed by atoms with Crippen molar-refractivity contribution >= 4 is 54.8 Å². The second kappa shape index (κ2) is 9.93. The Morgan fingerprint density at radius 3 is 2.66 bits per heavy atom. The lowest BCUT2D eigenvalue weighted by molar-refractivity contribution is 0.261. The first-order chi connectivity index (χ1) is 15.3. The molecule has 172 valence electrons. The van der Waals surface area contributed by atoms with Crippen LogP contribution in [0, 0.1) is 0 Å². The molecule has 0 unspecified atom stereocenters. The van der Waals surface area contributed by atoms with Gasteiger partial charge in [-0.25, -0.2) is 0 Å². The highest BCUT2D eigenvalue weighted by Crippen LogP contribution is 2.31. The zero-order valence-corrected chi connectivity index (χ0v) is 20.3. The zero-order valence-electron chi connectivity index (χ0n) is 17.9. The van der Waals surface area contributed by atoms with Crippen molar-refractivity contribution in [1.29, 1.82) is 0 Å². The lowest BCUT2D eigenvalue weighted by Gasteiger charge is -2.35. The van der Waals surface area contributed by atoms with Crippen LogP contribution in [0.2, 0.25) is 5.02 Å². The first-order valence-corrected chi connectivity index (χ1v) is 13.6. The Morgan fingerprint density at radius 1 is 1.19 bits per heavy atom. The predicted molar refractivity (Wildman–Crippen MR) is 133 cm³/mol. The number of nitrogens with one attached hydrogen (secondary N) is 1. The monoisotopic (exact) mass is 494 g/mol. The van der Waals surface area contributed by atoms with Crippen LogP contribution in [0.4, 0.5) is 11.5 Å². The number of halogens is 1. The van der Waals surface area contributed by atoms with Gasteiger partial charge in [-0.1, -0.05) is 29.8 Å². The molecule has 1 fully saturated rings. The van der Waals surface area contributed by atoms with Gasteiger partial charge in [-0.05, 0) is 53.7 Å². The van der Waals surface area contributed by atoms with E-state index in [-0.39, 0.29) is 0 Å². The minimum atomic E-state index is -3.67. The van der Waals surface area contributed by atoms with E-state index in [1.165, 1.54) is 26.9 Å². The number of piperazine rings is 1. The Labute approximate surface area is 197 Å². The molecule has 0 saturated carbocycles. The topological polar surface area (TPSA) is 85.8 Å². The van der Waals surface area contributed by atoms with Crippen molar-refractivity contribution in [2.24, 2.45) is 0 Å². The van der Waals surface area contributed by atoms with Gasteiger partial charge in [0.1, 0.15) is 5.82 Å². The lowest BCUT2D eigenvalue weighted by atomic mass is 10.1. The van der Waals surface area contributed by atoms with E-state index in [0.717, 1.165) is 63.0 Å². The summed E-state index contributed by atoms with van der Waals surface area (Å²) in [4.78, 5) is 4.98. The van der Waals surface area contributed by atoms with Gasteiger partial charge in [0.15, 0.2) is 0 Å². The number of benzene rings is 2. The first kappa shape index (κ1) is 23.3. The fraction of sp³-hybridized carbons (Fsp3) is 0.409. The van der Waals surface area contributed by atoms with Crippen LogP contribution < -0.4 is 10.2 Å². The Hall–Kier alpha value is -1.91. The van der Waals surface area contributed by atoms with Crippen LogP contribution in [0.3, 0.4) is 0 Å². The van der Waals surface area contributed by atoms with Crippen LogP contribution in [-0.2, 0) is 23.0 Å². The van der Waals surface area contributed by atoms with E-state index < -0.39 is 10.1 Å². The van der Waals surface area contributed by atoms with Crippen LogP contribution >= 0.6 is 23.1 Å². The molecular formula is C22H27ClN4O3S2. The molecule has 0 aliphatic carbocycles. The third kappa shape index (κ3) is 5.90. The summed E-state index contributed by atoms with van der Waals surface area (Å²) in [6, 6.07) is 12.9. The molecule has 0 bridgehead atoms. The molecule has 1 saturated heterocycles. The molecule has 1 aromatic heterocycles. The molecule has 2 aliphatic heterocycles. The van der Waals surface area contributed by atoms with Gasteiger partial charge < -0.3 is 10.2 Å². The van der Waals surface area contributed by atoms with Gasteiger partial charge in [0, 0.05) is 55.4 Å². The Balaban J connectivity index is 0.000000444. The fourth-order valence-electron chi connectivity index (χ4n) is 4.13. The molecule has 2 N–H and O–H groups in total. The number of aromatic nitrogens is 1. The highest BCUT2D eigenvalue weighted by atomic mass is 35.5. The molecule has 0 amide bonds. The SMILES string of the molecule is CS(=O)(=O)O.Clc1cc2c(cc1CCN1CCN(c3nsc4ccccc34)CC1)CCN2. The number of hydrogen-bond acceptors (Lipinski definition) is 7. The second-order valence-electron chi connectivity index (χ2n) is 8.09. The molecule has 10 heteroatoms. The van der Waals surface area contributed by atoms with Crippen molar-refractivity contribution in [2.45, 2.75) is 12.8 Å². The van der Waals surface area contributed by atoms with Gasteiger partial charge in [0.05, 0.1) is 11.0 Å². The summed E-state index contributed by atoms with van der Waals surface area (Å²) in [7, 11) is -3.67. The Morgan fingerprint density at radius 2 is 1.91 bits per heavy atom. The van der Waals surface area contributed by atoms with Crippen molar-refractivity contribution in [1.82, 2.24) is 9.27 Å². The number of rotatable bonds is 4. The van der Waals surface area contributed by atoms with E-state index in [9.17, 15) is 8.42 Å². The molecule has 3 aromatic rings. The van der Waals surface area contributed by atoms with E-state index in [2.05, 4.69) is 51.5 Å². The first-order valence-electron chi connectivity index (χ1n) is 10.6. The molecular weight excluding hydrogens is 468 g/mol. The fourth-order valence-corrected chi connectivity index (χ4v) is 5.18. The standard InChI is InChI=1S/C21H23ClN4S.CH4O3S/c22-18-14-19-16(5-7-23-19)13-15(18)6-8-25-9-11-26(12-10-25)21-17-3-1-2-4-20(17)27-24-21;1-5(2,3)4/h1-4,13-14,23H,5-12H2;1H3,(H,2,3,4). The van der Waals surface area contributed by atoms with E-state index in [4.69, 9.17) is 20.5 Å². The van der Waals surface area contributed by atoms with Crippen molar-refractivity contribution in [3.05, 3.63) is 52.5 Å². The highest BCUT2D eigenvalue weighted by Gasteiger charge is 2.21. The molecule has 5 rings (SSSR count). The third-order valence-corrected chi connectivity index (χ3v) is 6.88. The number of anilines is 2. The number of hydrogen-bond donors (Lipinski definition) is 2. The summed E-state index contributed by atoms with van der Waals surface area (Å²) >= 11 is 8.10. The molecule has 32 heavy (non-hydrogen) atoms. The number of nitrogens with zero attached hydrogens (tertiary/aromatic N) is 3. The van der Waals surface area contributed by atoms with Gasteiger partial charge in [-0.15, -0.1) is 0 Å². The summed E-state index contributed by atoms with van der Waals surface area (Å²) in [5.41, 5.74) is 3.91. The van der Waals surface area contributed by atoms with Crippen molar-refractivity contribution in [3.8, 4) is 0 Å². The quantitative estimate of drug-likeness (QED) is 0.534. The molecule has 0 atom stereocenters. The predicted octanol–water partition coefficient (Wildman–Crippen LogP) is 3.79. The maximum absolute atomic E-state index is 9.19.